The zero-order chi connectivity index (χ0) is 50.2. The number of H-pyrrole nitrogens is 1. The lowest BCUT2D eigenvalue weighted by Crippen LogP contribution is -2.61. The van der Waals surface area contributed by atoms with Crippen molar-refractivity contribution in [3.63, 3.8) is 0 Å². The molecule has 7 amide bonds. The fourth-order valence-corrected chi connectivity index (χ4v) is 6.47. The minimum absolute atomic E-state index is 0.0394. The van der Waals surface area contributed by atoms with Crippen LogP contribution in [0.5, 0.6) is 5.75 Å². The van der Waals surface area contributed by atoms with Gasteiger partial charge >= 0.3 is 5.97 Å². The van der Waals surface area contributed by atoms with E-state index >= 15 is 0 Å². The number of carboxylic acids is 1. The molecule has 1 aromatic heterocycles. The van der Waals surface area contributed by atoms with Gasteiger partial charge in [-0.15, -0.1) is 0 Å². The predicted molar refractivity (Wildman–Crippen MR) is 243 cm³/mol. The molecule has 0 saturated carbocycles. The number of guanidine groups is 1. The number of carboxylic acid groups (broad SMARTS) is 1. The van der Waals surface area contributed by atoms with Gasteiger partial charge in [-0.25, -0.2) is 4.98 Å². The Bertz CT molecular complexity index is 1950. The average molecular weight is 945 g/mol. The van der Waals surface area contributed by atoms with Crippen molar-refractivity contribution in [1.82, 2.24) is 52.5 Å². The van der Waals surface area contributed by atoms with Gasteiger partial charge in [-0.2, -0.15) is 0 Å². The first-order valence-electron chi connectivity index (χ1n) is 21.9. The number of aromatic hydroxyl groups is 1. The van der Waals surface area contributed by atoms with Crippen molar-refractivity contribution in [2.75, 3.05) is 19.6 Å². The van der Waals surface area contributed by atoms with E-state index in [1.165, 1.54) is 50.6 Å². The van der Waals surface area contributed by atoms with Crippen LogP contribution in [0, 0.1) is 11.3 Å². The van der Waals surface area contributed by atoms with Gasteiger partial charge in [0.2, 0.25) is 41.4 Å². The molecule has 2 rings (SSSR count). The molecule has 0 aliphatic rings. The molecule has 0 spiro atoms. The summed E-state index contributed by atoms with van der Waals surface area (Å²) in [5, 5.41) is 56.9. The summed E-state index contributed by atoms with van der Waals surface area (Å²) in [5.41, 5.74) is 17.7. The summed E-state index contributed by atoms with van der Waals surface area (Å²) in [4.78, 5) is 113. The van der Waals surface area contributed by atoms with Crippen LogP contribution >= 0.6 is 0 Å². The molecule has 2 aromatic rings. The summed E-state index contributed by atoms with van der Waals surface area (Å²) < 4.78 is 0. The molecule has 19 N–H and O–H groups in total. The number of aromatic nitrogens is 2. The highest BCUT2D eigenvalue weighted by molar-refractivity contribution is 5.97. The largest absolute Gasteiger partial charge is 0.508 e. The van der Waals surface area contributed by atoms with Crippen LogP contribution in [0.25, 0.3) is 0 Å². The van der Waals surface area contributed by atoms with E-state index in [-0.39, 0.29) is 56.3 Å². The third-order valence-electron chi connectivity index (χ3n) is 10.1. The lowest BCUT2D eigenvalue weighted by atomic mass is 10.0. The van der Waals surface area contributed by atoms with Crippen LogP contribution < -0.4 is 59.7 Å². The number of phenolic OH excluding ortho intramolecular Hbond substituents is 1. The third-order valence-corrected chi connectivity index (χ3v) is 10.1. The SMILES string of the molecule is CC(C)C[C@H](NC(=O)[C@@H](N)CCCCN)C(=O)N[C@@H](Cc1c[nH]cn1)C(=O)N[C@H](C(=O)N[C@@H](C)C(=O)N[C@@H](Cc1ccc(O)cc1)C(=O)N[C@@H](CCCNC(=N)N)C(=O)NCC(=O)O)[C@@H](C)O. The summed E-state index contributed by atoms with van der Waals surface area (Å²) in [6, 6.07) is -3.59. The molecule has 1 aromatic carbocycles. The van der Waals surface area contributed by atoms with E-state index in [2.05, 4.69) is 52.5 Å². The van der Waals surface area contributed by atoms with Crippen LogP contribution in [-0.4, -0.2) is 147 Å². The second kappa shape index (κ2) is 28.9. The van der Waals surface area contributed by atoms with Gasteiger partial charge in [0.15, 0.2) is 5.96 Å². The van der Waals surface area contributed by atoms with Crippen LogP contribution in [0.4, 0.5) is 0 Å². The van der Waals surface area contributed by atoms with Crippen molar-refractivity contribution in [1.29, 1.82) is 5.41 Å². The van der Waals surface area contributed by atoms with Crippen molar-refractivity contribution < 1.29 is 53.7 Å². The van der Waals surface area contributed by atoms with Crippen molar-refractivity contribution in [2.45, 2.75) is 127 Å². The first-order valence-corrected chi connectivity index (χ1v) is 21.9. The molecule has 0 bridgehead atoms. The van der Waals surface area contributed by atoms with Crippen LogP contribution in [0.15, 0.2) is 36.8 Å². The van der Waals surface area contributed by atoms with Crippen molar-refractivity contribution in [3.05, 3.63) is 48.0 Å². The number of nitrogens with one attached hydrogen (secondary N) is 10. The monoisotopic (exact) mass is 945 g/mol. The van der Waals surface area contributed by atoms with E-state index in [4.69, 9.17) is 27.7 Å². The Balaban J connectivity index is 2.30. The molecule has 0 unspecified atom stereocenters. The number of aromatic amines is 1. The maximum atomic E-state index is 13.9. The van der Waals surface area contributed by atoms with Gasteiger partial charge in [0, 0.05) is 25.6 Å². The quantitative estimate of drug-likeness (QED) is 0.0203. The van der Waals surface area contributed by atoms with Gasteiger partial charge in [-0.1, -0.05) is 32.4 Å². The molecule has 25 nitrogen and oxygen atoms in total. The second-order valence-electron chi connectivity index (χ2n) is 16.5. The van der Waals surface area contributed by atoms with Gasteiger partial charge in [0.25, 0.3) is 0 Å². The van der Waals surface area contributed by atoms with Crippen molar-refractivity contribution in [2.24, 2.45) is 23.1 Å². The molecular weight excluding hydrogens is 877 g/mol. The van der Waals surface area contributed by atoms with Crippen molar-refractivity contribution >= 4 is 53.3 Å². The highest BCUT2D eigenvalue weighted by atomic mass is 16.4. The summed E-state index contributed by atoms with van der Waals surface area (Å²) >= 11 is 0. The van der Waals surface area contributed by atoms with E-state index in [0.717, 1.165) is 0 Å². The van der Waals surface area contributed by atoms with Gasteiger partial charge in [-0.05, 0) is 76.1 Å². The molecular formula is C42H68N14O11. The number of hydrogen-bond acceptors (Lipinski definition) is 14. The number of benzene rings is 1. The number of rotatable bonds is 30. The van der Waals surface area contributed by atoms with E-state index < -0.39 is 102 Å². The maximum absolute atomic E-state index is 13.9. The molecule has 0 saturated heterocycles. The minimum atomic E-state index is -1.70. The zero-order valence-corrected chi connectivity index (χ0v) is 38.2. The van der Waals surface area contributed by atoms with E-state index in [1.807, 2.05) is 13.8 Å². The number of phenols is 1. The Kier molecular flexibility index (Phi) is 24.3. The topological polar surface area (TPSA) is 424 Å². The van der Waals surface area contributed by atoms with Gasteiger partial charge in [0.05, 0.1) is 24.2 Å². The smallest absolute Gasteiger partial charge is 0.322 e. The summed E-state index contributed by atoms with van der Waals surface area (Å²) in [7, 11) is 0. The summed E-state index contributed by atoms with van der Waals surface area (Å²) in [6.07, 6.45) is 2.84. The lowest BCUT2D eigenvalue weighted by molar-refractivity contribution is -0.138. The standard InChI is InChI=1S/C42H68N14O11/c1-22(2)16-30(54-36(62)28(44)8-5-6-14-43)38(64)55-32(18-26-19-47-21-50-26)40(66)56-34(24(4)57)41(67)51-23(3)35(61)53-31(17-25-10-12-27(58)13-11-25)39(65)52-29(9-7-15-48-42(45)46)37(63)49-20-33(59)60/h10-13,19,21-24,28-32,34,57-58H,5-9,14-18,20,43-44H2,1-4H3,(H,47,50)(H,49,63)(H,51,67)(H,52,65)(H,53,61)(H,54,62)(H,55,64)(H,56,66)(H,59,60)(H4,45,46,48)/t23-,24+,28-,29-,30-,31-,32-,34-/m0/s1. The molecule has 67 heavy (non-hydrogen) atoms. The molecule has 25 heteroatoms. The summed E-state index contributed by atoms with van der Waals surface area (Å²) in [6.45, 7) is 5.96. The zero-order valence-electron chi connectivity index (χ0n) is 38.2. The molecule has 0 aliphatic carbocycles. The number of carbonyl (C=O) groups excluding carboxylic acids is 7. The summed E-state index contributed by atoms with van der Waals surface area (Å²) in [5.74, 6) is -7.72. The van der Waals surface area contributed by atoms with E-state index in [1.54, 1.807) is 0 Å². The number of aliphatic hydroxyl groups excluding tert-OH is 1. The average Bonchev–Trinajstić information content (AvgIpc) is 3.78. The fraction of sp³-hybridized carbons (Fsp3) is 0.571. The highest BCUT2D eigenvalue weighted by Crippen LogP contribution is 2.13. The number of unbranched alkanes of at least 4 members (excludes halogenated alkanes) is 1. The van der Waals surface area contributed by atoms with Gasteiger partial charge in [0.1, 0.15) is 48.5 Å². The van der Waals surface area contributed by atoms with Crippen LogP contribution in [0.1, 0.15) is 77.5 Å². The second-order valence-corrected chi connectivity index (χ2v) is 16.5. The van der Waals surface area contributed by atoms with Crippen molar-refractivity contribution in [3.8, 4) is 5.75 Å². The Labute approximate surface area is 388 Å². The number of nitrogens with zero attached hydrogens (tertiary/aromatic N) is 1. The number of hydrogen-bond donors (Lipinski definition) is 16. The Morgan fingerprint density at radius 2 is 1.31 bits per heavy atom. The molecule has 1 heterocycles. The number of nitrogens with two attached hydrogens (primary N) is 3. The van der Waals surface area contributed by atoms with Gasteiger partial charge < -0.3 is 80.0 Å². The lowest BCUT2D eigenvalue weighted by Gasteiger charge is -2.28. The normalized spacial score (nSPS) is 14.6. The minimum Gasteiger partial charge on any atom is -0.508 e. The van der Waals surface area contributed by atoms with Crippen LogP contribution in [-0.2, 0) is 51.2 Å². The Hall–Kier alpha value is -6.86. The Morgan fingerprint density at radius 1 is 0.716 bits per heavy atom. The number of carbonyl (C=O) groups is 8. The Morgan fingerprint density at radius 3 is 1.90 bits per heavy atom. The fourth-order valence-electron chi connectivity index (χ4n) is 6.47. The number of aliphatic carboxylic acids is 1. The predicted octanol–water partition coefficient (Wildman–Crippen LogP) is -3.82. The maximum Gasteiger partial charge on any atom is 0.322 e. The van der Waals surface area contributed by atoms with E-state index in [0.29, 0.717) is 37.1 Å². The molecule has 0 radical (unpaired) electrons. The highest BCUT2D eigenvalue weighted by Gasteiger charge is 2.35. The van der Waals surface area contributed by atoms with E-state index in [9.17, 15) is 48.6 Å². The molecule has 0 fully saturated rings. The molecule has 372 valence electrons. The first-order chi connectivity index (χ1) is 31.6. The number of imidazole rings is 1. The number of aliphatic hydroxyl groups is 1. The van der Waals surface area contributed by atoms with Crippen LogP contribution in [0.3, 0.4) is 0 Å². The number of amides is 7. The molecule has 8 atom stereocenters. The van der Waals surface area contributed by atoms with Gasteiger partial charge in [-0.3, -0.25) is 43.8 Å². The molecule has 0 aliphatic heterocycles. The van der Waals surface area contributed by atoms with Crippen LogP contribution in [0.2, 0.25) is 0 Å². The third kappa shape index (κ3) is 21.3. The first kappa shape index (κ1) is 56.3.